The van der Waals surface area contributed by atoms with Gasteiger partial charge < -0.3 is 0 Å². The van der Waals surface area contributed by atoms with Crippen LogP contribution < -0.4 is 0 Å². The predicted molar refractivity (Wildman–Crippen MR) is 70.7 cm³/mol. The molecule has 0 saturated heterocycles. The highest BCUT2D eigenvalue weighted by Gasteiger charge is 2.11. The van der Waals surface area contributed by atoms with E-state index in [2.05, 4.69) is 6.58 Å². The summed E-state index contributed by atoms with van der Waals surface area (Å²) in [5, 5.41) is 26.4. The first-order chi connectivity index (χ1) is 8.74. The van der Waals surface area contributed by atoms with E-state index in [9.17, 15) is 0 Å². The van der Waals surface area contributed by atoms with Gasteiger partial charge in [-0.25, -0.2) is 0 Å². The van der Waals surface area contributed by atoms with Crippen LogP contribution in [-0.2, 0) is 0 Å². The Bertz CT molecular complexity index is 544. The molecule has 0 aromatic heterocycles. The van der Waals surface area contributed by atoms with Crippen LogP contribution in [0.4, 0.5) is 0 Å². The first-order valence-electron chi connectivity index (χ1n) is 5.44. The van der Waals surface area contributed by atoms with Crippen molar-refractivity contribution in [3.05, 3.63) is 53.6 Å². The van der Waals surface area contributed by atoms with Crippen molar-refractivity contribution in [1.82, 2.24) is 0 Å². The van der Waals surface area contributed by atoms with Gasteiger partial charge in [0.15, 0.2) is 0 Å². The van der Waals surface area contributed by atoms with Crippen molar-refractivity contribution < 1.29 is 0 Å². The largest absolute Gasteiger partial charge is 0.192 e. The summed E-state index contributed by atoms with van der Waals surface area (Å²) in [5.41, 5.74) is 0.960. The Morgan fingerprint density at radius 3 is 1.83 bits per heavy atom. The van der Waals surface area contributed by atoms with Gasteiger partial charge in [0.05, 0.1) is 11.6 Å². The van der Waals surface area contributed by atoms with Crippen LogP contribution in [0, 0.1) is 34.0 Å². The Kier molecular flexibility index (Phi) is 7.03. The summed E-state index contributed by atoms with van der Waals surface area (Å²) in [6, 6.07) is 14.2. The molecule has 1 aromatic rings. The lowest BCUT2D eigenvalue weighted by molar-refractivity contribution is 1.44. The van der Waals surface area contributed by atoms with E-state index in [0.29, 0.717) is 11.1 Å². The van der Waals surface area contributed by atoms with Crippen LogP contribution >= 0.6 is 0 Å². The van der Waals surface area contributed by atoms with E-state index >= 15 is 0 Å². The minimum Gasteiger partial charge on any atom is -0.192 e. The molecule has 0 aliphatic carbocycles. The fourth-order valence-corrected chi connectivity index (χ4v) is 1.27. The molecule has 0 unspecified atom stereocenters. The van der Waals surface area contributed by atoms with Gasteiger partial charge in [-0.3, -0.25) is 0 Å². The monoisotopic (exact) mass is 235 g/mol. The number of hydrogen-bond acceptors (Lipinski definition) is 3. The van der Waals surface area contributed by atoms with Crippen molar-refractivity contribution in [2.45, 2.75) is 13.8 Å². The van der Waals surface area contributed by atoms with Crippen LogP contribution in [0.1, 0.15) is 19.4 Å². The SMILES string of the molecule is C=C(C#N)C(=C(C#N)C#N)c1ccccc1.CC. The minimum absolute atomic E-state index is 0.0993. The summed E-state index contributed by atoms with van der Waals surface area (Å²) < 4.78 is 0. The Morgan fingerprint density at radius 1 is 0.944 bits per heavy atom. The maximum atomic E-state index is 8.82. The van der Waals surface area contributed by atoms with Crippen molar-refractivity contribution in [2.24, 2.45) is 0 Å². The predicted octanol–water partition coefficient (Wildman–Crippen LogP) is 3.59. The van der Waals surface area contributed by atoms with Crippen LogP contribution in [-0.4, -0.2) is 0 Å². The zero-order valence-corrected chi connectivity index (χ0v) is 10.4. The first kappa shape index (κ1) is 15.2. The third-order valence-corrected chi connectivity index (χ3v) is 1.97. The summed E-state index contributed by atoms with van der Waals surface area (Å²) in [6.45, 7) is 7.55. The van der Waals surface area contributed by atoms with Crippen molar-refractivity contribution >= 4 is 5.57 Å². The van der Waals surface area contributed by atoms with E-state index in [-0.39, 0.29) is 11.1 Å². The molecule has 88 valence electrons. The van der Waals surface area contributed by atoms with Gasteiger partial charge in [0.2, 0.25) is 0 Å². The fraction of sp³-hybridized carbons (Fsp3) is 0.133. The van der Waals surface area contributed by atoms with Crippen molar-refractivity contribution in [1.29, 1.82) is 15.8 Å². The van der Waals surface area contributed by atoms with Crippen LogP contribution in [0.25, 0.3) is 5.57 Å². The molecule has 1 rings (SSSR count). The number of allylic oxidation sites excluding steroid dienone is 3. The van der Waals surface area contributed by atoms with Gasteiger partial charge in [0, 0.05) is 5.57 Å². The molecule has 0 amide bonds. The molecule has 0 fully saturated rings. The van der Waals surface area contributed by atoms with Gasteiger partial charge >= 0.3 is 0 Å². The number of nitriles is 3. The summed E-state index contributed by atoms with van der Waals surface area (Å²) >= 11 is 0. The van der Waals surface area contributed by atoms with E-state index in [4.69, 9.17) is 15.8 Å². The van der Waals surface area contributed by atoms with Gasteiger partial charge in [0.25, 0.3) is 0 Å². The molecule has 3 nitrogen and oxygen atoms in total. The number of benzene rings is 1. The van der Waals surface area contributed by atoms with Crippen molar-refractivity contribution in [3.8, 4) is 18.2 Å². The summed E-state index contributed by atoms with van der Waals surface area (Å²) in [6.07, 6.45) is 0. The molecule has 0 heterocycles. The third kappa shape index (κ3) is 3.63. The molecular weight excluding hydrogens is 222 g/mol. The highest BCUT2D eigenvalue weighted by molar-refractivity contribution is 5.88. The Morgan fingerprint density at radius 2 is 1.44 bits per heavy atom. The Labute approximate surface area is 108 Å². The number of rotatable bonds is 2. The molecule has 1 aromatic carbocycles. The molecule has 0 bridgehead atoms. The van der Waals surface area contributed by atoms with Crippen LogP contribution in [0.3, 0.4) is 0 Å². The summed E-state index contributed by atoms with van der Waals surface area (Å²) in [5.74, 6) is 0. The molecule has 0 radical (unpaired) electrons. The highest BCUT2D eigenvalue weighted by atomic mass is 14.3. The topological polar surface area (TPSA) is 71.4 Å². The lowest BCUT2D eigenvalue weighted by Crippen LogP contribution is -1.91. The molecule has 0 N–H and O–H groups in total. The summed E-state index contributed by atoms with van der Waals surface area (Å²) in [7, 11) is 0. The smallest absolute Gasteiger partial charge is 0.138 e. The summed E-state index contributed by atoms with van der Waals surface area (Å²) in [4.78, 5) is 0. The Hall–Kier alpha value is -2.83. The Balaban J connectivity index is 0.00000137. The third-order valence-electron chi connectivity index (χ3n) is 1.97. The first-order valence-corrected chi connectivity index (χ1v) is 5.44. The second-order valence-electron chi connectivity index (χ2n) is 2.93. The molecule has 0 atom stereocenters. The average molecular weight is 235 g/mol. The van der Waals surface area contributed by atoms with Crippen LogP contribution in [0.15, 0.2) is 48.1 Å². The molecule has 0 spiro atoms. The van der Waals surface area contributed by atoms with Gasteiger partial charge in [-0.15, -0.1) is 0 Å². The van der Waals surface area contributed by atoms with Crippen molar-refractivity contribution in [2.75, 3.05) is 0 Å². The van der Waals surface area contributed by atoms with E-state index < -0.39 is 0 Å². The quantitative estimate of drug-likeness (QED) is 0.580. The van der Waals surface area contributed by atoms with Gasteiger partial charge in [-0.05, 0) is 5.56 Å². The maximum absolute atomic E-state index is 8.82. The van der Waals surface area contributed by atoms with E-state index in [0.717, 1.165) is 0 Å². The standard InChI is InChI=1S/C13H7N3.C2H6/c1-10(7-14)13(12(8-15)9-16)11-5-3-2-4-6-11;1-2/h2-6H,1H2;1-2H3. The van der Waals surface area contributed by atoms with E-state index in [1.165, 1.54) is 0 Å². The lowest BCUT2D eigenvalue weighted by atomic mass is 9.95. The maximum Gasteiger partial charge on any atom is 0.138 e. The van der Waals surface area contributed by atoms with E-state index in [1.807, 2.05) is 26.0 Å². The molecule has 0 aliphatic rings. The van der Waals surface area contributed by atoms with Gasteiger partial charge in [0.1, 0.15) is 17.7 Å². The van der Waals surface area contributed by atoms with Gasteiger partial charge in [-0.2, -0.15) is 15.8 Å². The van der Waals surface area contributed by atoms with Crippen molar-refractivity contribution in [3.63, 3.8) is 0 Å². The minimum atomic E-state index is -0.0993. The second kappa shape index (κ2) is 8.34. The van der Waals surface area contributed by atoms with Crippen LogP contribution in [0.5, 0.6) is 0 Å². The molecule has 0 saturated carbocycles. The highest BCUT2D eigenvalue weighted by Crippen LogP contribution is 2.24. The molecule has 18 heavy (non-hydrogen) atoms. The van der Waals surface area contributed by atoms with Gasteiger partial charge in [-0.1, -0.05) is 50.8 Å². The number of hydrogen-bond donors (Lipinski definition) is 0. The zero-order valence-electron chi connectivity index (χ0n) is 10.4. The normalized spacial score (nSPS) is 7.50. The van der Waals surface area contributed by atoms with E-state index in [1.54, 1.807) is 36.4 Å². The molecule has 0 aliphatic heterocycles. The number of nitrogens with zero attached hydrogens (tertiary/aromatic N) is 3. The molecule has 3 heteroatoms. The molecular formula is C15H13N3. The van der Waals surface area contributed by atoms with Crippen LogP contribution in [0.2, 0.25) is 0 Å². The fourth-order valence-electron chi connectivity index (χ4n) is 1.27. The zero-order chi connectivity index (χ0) is 14.0. The second-order valence-corrected chi connectivity index (χ2v) is 2.93. The lowest BCUT2D eigenvalue weighted by Gasteiger charge is -2.04. The average Bonchev–Trinajstić information content (AvgIpc) is 2.47.